The number of benzene rings is 1. The molecular weight excluding hydrogens is 206 g/mol. The Morgan fingerprint density at radius 3 is 2.69 bits per heavy atom. The summed E-state index contributed by atoms with van der Waals surface area (Å²) in [5, 5.41) is 10.6. The Balaban J connectivity index is 2.60. The first kappa shape index (κ1) is 10.8. The van der Waals surface area contributed by atoms with Crippen LogP contribution in [-0.2, 0) is 5.41 Å². The number of hydrogen-bond donors (Lipinski definition) is 0. The van der Waals surface area contributed by atoms with E-state index in [-0.39, 0.29) is 16.9 Å². The Kier molecular flexibility index (Phi) is 2.30. The molecule has 1 aliphatic rings. The standard InChI is InChI=1S/C12H13NO3/c1-12(2)6-5-11(14)9-7-8(13(15)16)3-4-10(9)12/h3-4,7H,5-6H2,1-2H3. The average Bonchev–Trinajstić information content (AvgIpc) is 2.23. The molecule has 4 heteroatoms. The van der Waals surface area contributed by atoms with Crippen molar-refractivity contribution in [2.24, 2.45) is 0 Å². The van der Waals surface area contributed by atoms with Crippen molar-refractivity contribution in [2.45, 2.75) is 32.1 Å². The maximum Gasteiger partial charge on any atom is 0.270 e. The van der Waals surface area contributed by atoms with Gasteiger partial charge in [-0.25, -0.2) is 0 Å². The van der Waals surface area contributed by atoms with Crippen LogP contribution < -0.4 is 0 Å². The largest absolute Gasteiger partial charge is 0.294 e. The molecule has 1 aromatic rings. The number of carbonyl (C=O) groups is 1. The van der Waals surface area contributed by atoms with E-state index in [4.69, 9.17) is 0 Å². The number of hydrogen-bond acceptors (Lipinski definition) is 3. The Hall–Kier alpha value is -1.71. The van der Waals surface area contributed by atoms with Gasteiger partial charge in [0.1, 0.15) is 0 Å². The first-order valence-electron chi connectivity index (χ1n) is 5.24. The molecule has 0 unspecified atom stereocenters. The molecule has 0 amide bonds. The van der Waals surface area contributed by atoms with Crippen LogP contribution in [0.1, 0.15) is 42.6 Å². The zero-order chi connectivity index (χ0) is 11.9. The zero-order valence-electron chi connectivity index (χ0n) is 9.32. The monoisotopic (exact) mass is 219 g/mol. The lowest BCUT2D eigenvalue weighted by atomic mass is 9.72. The van der Waals surface area contributed by atoms with Crippen molar-refractivity contribution in [3.05, 3.63) is 39.4 Å². The van der Waals surface area contributed by atoms with Gasteiger partial charge in [0.15, 0.2) is 5.78 Å². The van der Waals surface area contributed by atoms with Crippen molar-refractivity contribution in [3.8, 4) is 0 Å². The fraction of sp³-hybridized carbons (Fsp3) is 0.417. The molecule has 2 rings (SSSR count). The topological polar surface area (TPSA) is 60.2 Å². The van der Waals surface area contributed by atoms with Gasteiger partial charge in [-0.05, 0) is 17.4 Å². The van der Waals surface area contributed by atoms with Crippen LogP contribution in [0.2, 0.25) is 0 Å². The first-order valence-corrected chi connectivity index (χ1v) is 5.24. The molecule has 0 spiro atoms. The van der Waals surface area contributed by atoms with Crippen LogP contribution in [0.3, 0.4) is 0 Å². The van der Waals surface area contributed by atoms with Crippen LogP contribution in [0.25, 0.3) is 0 Å². The summed E-state index contributed by atoms with van der Waals surface area (Å²) in [4.78, 5) is 21.9. The fourth-order valence-electron chi connectivity index (χ4n) is 2.16. The molecule has 0 heterocycles. The maximum absolute atomic E-state index is 11.7. The molecule has 1 aliphatic carbocycles. The fourth-order valence-corrected chi connectivity index (χ4v) is 2.16. The normalized spacial score (nSPS) is 18.0. The van der Waals surface area contributed by atoms with Gasteiger partial charge in [0.05, 0.1) is 4.92 Å². The second-order valence-electron chi connectivity index (χ2n) is 4.79. The Morgan fingerprint density at radius 2 is 2.06 bits per heavy atom. The number of carbonyl (C=O) groups excluding carboxylic acids is 1. The van der Waals surface area contributed by atoms with E-state index < -0.39 is 4.92 Å². The highest BCUT2D eigenvalue weighted by atomic mass is 16.6. The molecule has 0 saturated carbocycles. The van der Waals surface area contributed by atoms with Gasteiger partial charge in [0, 0.05) is 24.1 Å². The molecule has 84 valence electrons. The van der Waals surface area contributed by atoms with E-state index in [0.29, 0.717) is 12.0 Å². The molecule has 0 aliphatic heterocycles. The van der Waals surface area contributed by atoms with E-state index in [1.54, 1.807) is 6.07 Å². The molecule has 1 aromatic carbocycles. The number of ketones is 1. The smallest absolute Gasteiger partial charge is 0.270 e. The van der Waals surface area contributed by atoms with Crippen LogP contribution in [0, 0.1) is 10.1 Å². The molecule has 0 fully saturated rings. The SMILES string of the molecule is CC1(C)CCC(=O)c2cc([N+](=O)[O-])ccc21. The second kappa shape index (κ2) is 3.40. The number of nitro benzene ring substituents is 1. The summed E-state index contributed by atoms with van der Waals surface area (Å²) in [6.07, 6.45) is 1.28. The number of nitro groups is 1. The van der Waals surface area contributed by atoms with Crippen LogP contribution in [0.4, 0.5) is 5.69 Å². The number of non-ortho nitro benzene ring substituents is 1. The molecule has 16 heavy (non-hydrogen) atoms. The molecule has 0 aromatic heterocycles. The van der Waals surface area contributed by atoms with Gasteiger partial charge in [0.25, 0.3) is 5.69 Å². The molecule has 0 N–H and O–H groups in total. The Labute approximate surface area is 93.4 Å². The van der Waals surface area contributed by atoms with E-state index in [1.807, 2.05) is 0 Å². The van der Waals surface area contributed by atoms with Crippen molar-refractivity contribution >= 4 is 11.5 Å². The maximum atomic E-state index is 11.7. The first-order chi connectivity index (χ1) is 7.42. The summed E-state index contributed by atoms with van der Waals surface area (Å²) in [5.41, 5.74) is 1.36. The number of fused-ring (bicyclic) bond motifs is 1. The van der Waals surface area contributed by atoms with Crippen LogP contribution in [0.5, 0.6) is 0 Å². The van der Waals surface area contributed by atoms with E-state index in [1.165, 1.54) is 12.1 Å². The Morgan fingerprint density at radius 1 is 1.38 bits per heavy atom. The van der Waals surface area contributed by atoms with E-state index >= 15 is 0 Å². The molecule has 0 bridgehead atoms. The minimum Gasteiger partial charge on any atom is -0.294 e. The van der Waals surface area contributed by atoms with Gasteiger partial charge < -0.3 is 0 Å². The summed E-state index contributed by atoms with van der Waals surface area (Å²) in [6, 6.07) is 4.59. The van der Waals surface area contributed by atoms with Crippen molar-refractivity contribution < 1.29 is 9.72 Å². The number of nitrogens with zero attached hydrogens (tertiary/aromatic N) is 1. The summed E-state index contributed by atoms with van der Waals surface area (Å²) in [7, 11) is 0. The van der Waals surface area contributed by atoms with Gasteiger partial charge in [0.2, 0.25) is 0 Å². The lowest BCUT2D eigenvalue weighted by molar-refractivity contribution is -0.384. The number of rotatable bonds is 1. The minimum atomic E-state index is -0.463. The van der Waals surface area contributed by atoms with Crippen molar-refractivity contribution in [3.63, 3.8) is 0 Å². The highest BCUT2D eigenvalue weighted by molar-refractivity contribution is 5.99. The third kappa shape index (κ3) is 1.60. The van der Waals surface area contributed by atoms with Crippen molar-refractivity contribution in [1.29, 1.82) is 0 Å². The predicted octanol–water partition coefficient (Wildman–Crippen LogP) is 2.85. The molecule has 0 atom stereocenters. The Bertz CT molecular complexity index is 477. The van der Waals surface area contributed by atoms with Crippen LogP contribution in [0.15, 0.2) is 18.2 Å². The minimum absolute atomic E-state index is 0.00944. The summed E-state index contributed by atoms with van der Waals surface area (Å²) < 4.78 is 0. The van der Waals surface area contributed by atoms with E-state index in [9.17, 15) is 14.9 Å². The van der Waals surface area contributed by atoms with Gasteiger partial charge in [-0.2, -0.15) is 0 Å². The molecule has 0 saturated heterocycles. The van der Waals surface area contributed by atoms with E-state index in [0.717, 1.165) is 12.0 Å². The van der Waals surface area contributed by atoms with Crippen LogP contribution in [-0.4, -0.2) is 10.7 Å². The van der Waals surface area contributed by atoms with Gasteiger partial charge in [-0.1, -0.05) is 19.9 Å². The summed E-state index contributed by atoms with van der Waals surface area (Å²) >= 11 is 0. The lowest BCUT2D eigenvalue weighted by Gasteiger charge is -2.31. The van der Waals surface area contributed by atoms with E-state index in [2.05, 4.69) is 13.8 Å². The lowest BCUT2D eigenvalue weighted by Crippen LogP contribution is -2.27. The van der Waals surface area contributed by atoms with Gasteiger partial charge >= 0.3 is 0 Å². The second-order valence-corrected chi connectivity index (χ2v) is 4.79. The average molecular weight is 219 g/mol. The highest BCUT2D eigenvalue weighted by Crippen LogP contribution is 2.37. The number of Topliss-reactive ketones (excluding diaryl/α,β-unsaturated/α-hetero) is 1. The zero-order valence-corrected chi connectivity index (χ0v) is 9.32. The van der Waals surface area contributed by atoms with Gasteiger partial charge in [-0.3, -0.25) is 14.9 Å². The van der Waals surface area contributed by atoms with Gasteiger partial charge in [-0.15, -0.1) is 0 Å². The van der Waals surface area contributed by atoms with Crippen LogP contribution >= 0.6 is 0 Å². The third-order valence-electron chi connectivity index (χ3n) is 3.22. The molecule has 4 nitrogen and oxygen atoms in total. The van der Waals surface area contributed by atoms with Crippen molar-refractivity contribution in [1.82, 2.24) is 0 Å². The predicted molar refractivity (Wildman–Crippen MR) is 59.7 cm³/mol. The quantitative estimate of drug-likeness (QED) is 0.539. The summed E-state index contributed by atoms with van der Waals surface area (Å²) in [5.74, 6) is 0.0121. The van der Waals surface area contributed by atoms with Crippen molar-refractivity contribution in [2.75, 3.05) is 0 Å². The third-order valence-corrected chi connectivity index (χ3v) is 3.22. The summed E-state index contributed by atoms with van der Waals surface area (Å²) in [6.45, 7) is 4.12. The highest BCUT2D eigenvalue weighted by Gasteiger charge is 2.32. The molecule has 0 radical (unpaired) electrons. The molecular formula is C12H13NO3.